The number of hydrogen-bond donors (Lipinski definition) is 1. The second kappa shape index (κ2) is 10.2. The molecule has 0 saturated heterocycles. The van der Waals surface area contributed by atoms with Crippen LogP contribution in [0.5, 0.6) is 5.75 Å². The highest BCUT2D eigenvalue weighted by Gasteiger charge is 2.36. The van der Waals surface area contributed by atoms with Crippen molar-refractivity contribution in [3.05, 3.63) is 28.8 Å². The van der Waals surface area contributed by atoms with E-state index in [1.54, 1.807) is 6.07 Å². The number of ether oxygens (including phenoxy) is 1. The van der Waals surface area contributed by atoms with Gasteiger partial charge in [0, 0.05) is 5.56 Å². The van der Waals surface area contributed by atoms with Crippen molar-refractivity contribution in [3.8, 4) is 5.75 Å². The molecule has 2 fully saturated rings. The summed E-state index contributed by atoms with van der Waals surface area (Å²) in [5, 5.41) is 10.2. The maximum atomic E-state index is 14.8. The van der Waals surface area contributed by atoms with Crippen LogP contribution in [0.2, 0.25) is 0 Å². The maximum Gasteiger partial charge on any atom is 0.201 e. The molecule has 0 aromatic heterocycles. The molecular formula is C27H40F2O2. The molecule has 31 heavy (non-hydrogen) atoms. The van der Waals surface area contributed by atoms with E-state index >= 15 is 0 Å². The van der Waals surface area contributed by atoms with Gasteiger partial charge in [-0.2, -0.15) is 4.39 Å². The van der Waals surface area contributed by atoms with Crippen LogP contribution in [0.4, 0.5) is 8.78 Å². The molecule has 0 bridgehead atoms. The zero-order valence-electron chi connectivity index (χ0n) is 19.3. The molecule has 2 unspecified atom stereocenters. The molecule has 4 heteroatoms. The van der Waals surface area contributed by atoms with Gasteiger partial charge in [0.2, 0.25) is 5.82 Å². The van der Waals surface area contributed by atoms with Crippen molar-refractivity contribution >= 4 is 0 Å². The largest absolute Gasteiger partial charge is 0.487 e. The molecule has 0 amide bonds. The Balaban J connectivity index is 1.36. The molecule has 1 heterocycles. The van der Waals surface area contributed by atoms with Crippen LogP contribution in [0.15, 0.2) is 6.07 Å². The lowest BCUT2D eigenvalue weighted by atomic mass is 9.68. The third-order valence-corrected chi connectivity index (χ3v) is 8.63. The highest BCUT2D eigenvalue weighted by atomic mass is 19.2. The number of halogens is 2. The van der Waals surface area contributed by atoms with Crippen molar-refractivity contribution < 1.29 is 18.6 Å². The Bertz CT molecular complexity index is 733. The number of aliphatic hydroxyl groups excluding tert-OH is 1. The van der Waals surface area contributed by atoms with Crippen LogP contribution in [0, 0.1) is 35.3 Å². The van der Waals surface area contributed by atoms with E-state index in [1.165, 1.54) is 44.9 Å². The highest BCUT2D eigenvalue weighted by molar-refractivity contribution is 5.42. The predicted octanol–water partition coefficient (Wildman–Crippen LogP) is 7.51. The first-order chi connectivity index (χ1) is 15.0. The second-order valence-corrected chi connectivity index (χ2v) is 10.4. The van der Waals surface area contributed by atoms with Gasteiger partial charge in [0.15, 0.2) is 11.6 Å². The van der Waals surface area contributed by atoms with E-state index in [2.05, 4.69) is 6.92 Å². The summed E-state index contributed by atoms with van der Waals surface area (Å²) in [5.41, 5.74) is 0.792. The van der Waals surface area contributed by atoms with Gasteiger partial charge >= 0.3 is 0 Å². The van der Waals surface area contributed by atoms with Gasteiger partial charge < -0.3 is 9.84 Å². The minimum Gasteiger partial charge on any atom is -0.487 e. The molecular weight excluding hydrogens is 394 g/mol. The molecule has 1 aliphatic heterocycles. The summed E-state index contributed by atoms with van der Waals surface area (Å²) in [4.78, 5) is 0. The topological polar surface area (TPSA) is 29.5 Å². The van der Waals surface area contributed by atoms with Gasteiger partial charge in [0.05, 0.1) is 6.10 Å². The third-order valence-electron chi connectivity index (χ3n) is 8.63. The van der Waals surface area contributed by atoms with Crippen LogP contribution in [0.25, 0.3) is 0 Å². The maximum absolute atomic E-state index is 14.8. The molecule has 2 aliphatic carbocycles. The quantitative estimate of drug-likeness (QED) is 0.502. The summed E-state index contributed by atoms with van der Waals surface area (Å²) in [6.07, 6.45) is 13.5. The standard InChI is InChI=1S/C27H40F2O2/c1-3-5-23(30)22-16-21-14-15-24(31-27(21)26(29)25(22)28)20-12-10-19(11-13-20)18-8-6-17(4-2)7-9-18/h16-20,23-24,30H,3-15H2,1-2H3. The summed E-state index contributed by atoms with van der Waals surface area (Å²) < 4.78 is 35.6. The number of fused-ring (bicyclic) bond motifs is 1. The molecule has 0 spiro atoms. The highest BCUT2D eigenvalue weighted by Crippen LogP contribution is 2.45. The lowest BCUT2D eigenvalue weighted by molar-refractivity contribution is 0.0561. The Hall–Kier alpha value is -1.16. The van der Waals surface area contributed by atoms with Gasteiger partial charge in [0.25, 0.3) is 0 Å². The fourth-order valence-electron chi connectivity index (χ4n) is 6.56. The van der Waals surface area contributed by atoms with Crippen molar-refractivity contribution in [1.82, 2.24) is 0 Å². The zero-order valence-corrected chi connectivity index (χ0v) is 19.3. The van der Waals surface area contributed by atoms with Crippen molar-refractivity contribution in [2.24, 2.45) is 23.7 Å². The van der Waals surface area contributed by atoms with E-state index in [1.807, 2.05) is 6.92 Å². The lowest BCUT2D eigenvalue weighted by Gasteiger charge is -2.40. The summed E-state index contributed by atoms with van der Waals surface area (Å²) >= 11 is 0. The Morgan fingerprint density at radius 2 is 1.52 bits per heavy atom. The average molecular weight is 435 g/mol. The van der Waals surface area contributed by atoms with Gasteiger partial charge in [-0.3, -0.25) is 0 Å². The monoisotopic (exact) mass is 434 g/mol. The lowest BCUT2D eigenvalue weighted by Crippen LogP contribution is -2.35. The first-order valence-electron chi connectivity index (χ1n) is 12.9. The van der Waals surface area contributed by atoms with E-state index < -0.39 is 17.7 Å². The molecule has 2 atom stereocenters. The molecule has 174 valence electrons. The van der Waals surface area contributed by atoms with Crippen LogP contribution in [-0.2, 0) is 6.42 Å². The molecule has 2 saturated carbocycles. The van der Waals surface area contributed by atoms with Gasteiger partial charge in [0.1, 0.15) is 6.10 Å². The van der Waals surface area contributed by atoms with E-state index in [4.69, 9.17) is 4.74 Å². The minimum atomic E-state index is -0.954. The first-order valence-corrected chi connectivity index (χ1v) is 12.9. The minimum absolute atomic E-state index is 0.00964. The number of benzene rings is 1. The Morgan fingerprint density at radius 3 is 2.13 bits per heavy atom. The molecule has 0 radical (unpaired) electrons. The zero-order chi connectivity index (χ0) is 22.0. The van der Waals surface area contributed by atoms with Gasteiger partial charge in [-0.05, 0) is 93.1 Å². The summed E-state index contributed by atoms with van der Waals surface area (Å²) in [5.74, 6) is 1.39. The number of aryl methyl sites for hydroxylation is 1. The number of hydrogen-bond acceptors (Lipinski definition) is 2. The second-order valence-electron chi connectivity index (χ2n) is 10.4. The normalized spacial score (nSPS) is 32.2. The van der Waals surface area contributed by atoms with Gasteiger partial charge in [-0.15, -0.1) is 0 Å². The summed E-state index contributed by atoms with van der Waals surface area (Å²) in [6.45, 7) is 4.25. The molecule has 1 aromatic rings. The van der Waals surface area contributed by atoms with Crippen molar-refractivity contribution in [1.29, 1.82) is 0 Å². The van der Waals surface area contributed by atoms with E-state index in [0.29, 0.717) is 24.3 Å². The van der Waals surface area contributed by atoms with Crippen LogP contribution >= 0.6 is 0 Å². The van der Waals surface area contributed by atoms with E-state index in [0.717, 1.165) is 43.4 Å². The van der Waals surface area contributed by atoms with E-state index in [9.17, 15) is 13.9 Å². The SMILES string of the molecule is CCCC(O)c1cc2c(c(F)c1F)OC(C1CCC(C3CCC(CC)CC3)CC1)CC2. The Kier molecular flexibility index (Phi) is 7.56. The fourth-order valence-corrected chi connectivity index (χ4v) is 6.56. The number of rotatable bonds is 6. The summed E-state index contributed by atoms with van der Waals surface area (Å²) in [6, 6.07) is 1.63. The fraction of sp³-hybridized carbons (Fsp3) is 0.778. The van der Waals surface area contributed by atoms with Crippen molar-refractivity contribution in [2.75, 3.05) is 0 Å². The van der Waals surface area contributed by atoms with Crippen molar-refractivity contribution in [2.45, 2.75) is 110 Å². The molecule has 1 N–H and O–H groups in total. The van der Waals surface area contributed by atoms with E-state index in [-0.39, 0.29) is 17.4 Å². The van der Waals surface area contributed by atoms with Crippen LogP contribution in [0.3, 0.4) is 0 Å². The van der Waals surface area contributed by atoms with Crippen LogP contribution < -0.4 is 4.74 Å². The molecule has 1 aromatic carbocycles. The van der Waals surface area contributed by atoms with Crippen LogP contribution in [0.1, 0.15) is 108 Å². The predicted molar refractivity (Wildman–Crippen MR) is 120 cm³/mol. The van der Waals surface area contributed by atoms with Gasteiger partial charge in [-0.1, -0.05) is 39.5 Å². The molecule has 2 nitrogen and oxygen atoms in total. The first kappa shape index (κ1) is 23.0. The molecule has 3 aliphatic rings. The third kappa shape index (κ3) is 4.94. The van der Waals surface area contributed by atoms with Crippen molar-refractivity contribution in [3.63, 3.8) is 0 Å². The Morgan fingerprint density at radius 1 is 0.903 bits per heavy atom. The molecule has 4 rings (SSSR count). The smallest absolute Gasteiger partial charge is 0.201 e. The van der Waals surface area contributed by atoms with Crippen LogP contribution in [-0.4, -0.2) is 11.2 Å². The number of aliphatic hydroxyl groups is 1. The van der Waals surface area contributed by atoms with Gasteiger partial charge in [-0.25, -0.2) is 4.39 Å². The Labute approximate surface area is 186 Å². The average Bonchev–Trinajstić information content (AvgIpc) is 2.81. The summed E-state index contributed by atoms with van der Waals surface area (Å²) in [7, 11) is 0.